The van der Waals surface area contributed by atoms with Gasteiger partial charge in [-0.15, -0.1) is 0 Å². The van der Waals surface area contributed by atoms with Gasteiger partial charge in [0, 0.05) is 45.2 Å². The van der Waals surface area contributed by atoms with Crippen molar-refractivity contribution in [3.8, 4) is 0 Å². The highest BCUT2D eigenvalue weighted by atomic mass is 35.5. The predicted octanol–water partition coefficient (Wildman–Crippen LogP) is 3.73. The zero-order valence-corrected chi connectivity index (χ0v) is 11.3. The molecule has 0 spiro atoms. The van der Waals surface area contributed by atoms with Crippen molar-refractivity contribution in [2.75, 3.05) is 0 Å². The van der Waals surface area contributed by atoms with E-state index in [-0.39, 0.29) is 5.54 Å². The highest BCUT2D eigenvalue weighted by Gasteiger charge is 2.40. The van der Waals surface area contributed by atoms with Crippen molar-refractivity contribution in [2.24, 2.45) is 0 Å². The fraction of sp³-hybridized carbons (Fsp3) is 0.467. The van der Waals surface area contributed by atoms with Crippen LogP contribution in [-0.4, -0.2) is 11.0 Å². The molecule has 0 aliphatic carbocycles. The topological polar surface area (TPSA) is 27.8 Å². The van der Waals surface area contributed by atoms with Gasteiger partial charge in [0.15, 0.2) is 0 Å². The Hall–Kier alpha value is -0.990. The summed E-state index contributed by atoms with van der Waals surface area (Å²) < 4.78 is 0. The molecule has 18 heavy (non-hydrogen) atoms. The minimum absolute atomic E-state index is 0.141. The SMILES string of the molecule is CC12CCCC(Cc3[nH]c4cc(Cl)ccc4c31)N2. The van der Waals surface area contributed by atoms with Crippen LogP contribution in [-0.2, 0) is 12.0 Å². The Balaban J connectivity index is 2.02. The van der Waals surface area contributed by atoms with Crippen LogP contribution in [0, 0.1) is 0 Å². The summed E-state index contributed by atoms with van der Waals surface area (Å²) in [5.41, 5.74) is 4.22. The largest absolute Gasteiger partial charge is 0.358 e. The summed E-state index contributed by atoms with van der Waals surface area (Å²) in [4.78, 5) is 3.59. The average molecular weight is 261 g/mol. The monoisotopic (exact) mass is 260 g/mol. The molecule has 2 bridgehead atoms. The summed E-state index contributed by atoms with van der Waals surface area (Å²) in [5.74, 6) is 0. The van der Waals surface area contributed by atoms with Gasteiger partial charge in [-0.25, -0.2) is 0 Å². The van der Waals surface area contributed by atoms with Crippen LogP contribution in [0.5, 0.6) is 0 Å². The van der Waals surface area contributed by atoms with Gasteiger partial charge in [0.05, 0.1) is 0 Å². The number of hydrogen-bond donors (Lipinski definition) is 2. The van der Waals surface area contributed by atoms with Crippen LogP contribution in [0.3, 0.4) is 0 Å². The van der Waals surface area contributed by atoms with Gasteiger partial charge in [-0.05, 0) is 38.3 Å². The summed E-state index contributed by atoms with van der Waals surface area (Å²) >= 11 is 6.09. The lowest BCUT2D eigenvalue weighted by Gasteiger charge is -2.44. The number of aromatic nitrogens is 1. The van der Waals surface area contributed by atoms with Crippen molar-refractivity contribution in [1.29, 1.82) is 0 Å². The zero-order chi connectivity index (χ0) is 12.3. The highest BCUT2D eigenvalue weighted by molar-refractivity contribution is 6.31. The van der Waals surface area contributed by atoms with E-state index in [9.17, 15) is 0 Å². The van der Waals surface area contributed by atoms with E-state index in [0.29, 0.717) is 6.04 Å². The fourth-order valence-electron chi connectivity index (χ4n) is 3.90. The lowest BCUT2D eigenvalue weighted by molar-refractivity contribution is 0.206. The van der Waals surface area contributed by atoms with Gasteiger partial charge in [-0.1, -0.05) is 17.7 Å². The molecule has 1 saturated heterocycles. The van der Waals surface area contributed by atoms with Crippen molar-refractivity contribution < 1.29 is 0 Å². The van der Waals surface area contributed by atoms with Crippen LogP contribution in [0.4, 0.5) is 0 Å². The van der Waals surface area contributed by atoms with Crippen LogP contribution in [0.2, 0.25) is 5.02 Å². The third-order valence-electron chi connectivity index (χ3n) is 4.59. The van der Waals surface area contributed by atoms with Gasteiger partial charge in [0.1, 0.15) is 0 Å². The minimum atomic E-state index is 0.141. The van der Waals surface area contributed by atoms with E-state index in [1.807, 2.05) is 12.1 Å². The second-order valence-corrected chi connectivity index (χ2v) is 6.37. The molecular formula is C15H17ClN2. The summed E-state index contributed by atoms with van der Waals surface area (Å²) in [7, 11) is 0. The molecule has 3 heteroatoms. The Morgan fingerprint density at radius 1 is 1.39 bits per heavy atom. The quantitative estimate of drug-likeness (QED) is 0.742. The van der Waals surface area contributed by atoms with Gasteiger partial charge in [-0.2, -0.15) is 0 Å². The molecule has 1 aromatic carbocycles. The second-order valence-electron chi connectivity index (χ2n) is 5.94. The second kappa shape index (κ2) is 3.52. The molecule has 0 radical (unpaired) electrons. The van der Waals surface area contributed by atoms with E-state index in [1.165, 1.54) is 41.4 Å². The third-order valence-corrected chi connectivity index (χ3v) is 4.83. The Morgan fingerprint density at radius 3 is 3.17 bits per heavy atom. The summed E-state index contributed by atoms with van der Waals surface area (Å²) in [6, 6.07) is 6.84. The van der Waals surface area contributed by atoms with E-state index < -0.39 is 0 Å². The first-order valence-corrected chi connectivity index (χ1v) is 7.12. The first-order chi connectivity index (χ1) is 8.66. The number of halogens is 1. The van der Waals surface area contributed by atoms with Gasteiger partial charge < -0.3 is 10.3 Å². The highest BCUT2D eigenvalue weighted by Crippen LogP contribution is 2.43. The molecule has 2 aliphatic heterocycles. The molecule has 2 aliphatic rings. The van der Waals surface area contributed by atoms with Crippen LogP contribution in [0.25, 0.3) is 10.9 Å². The normalized spacial score (nSPS) is 30.4. The standard InChI is InChI=1S/C15H17ClN2/c1-15-6-2-3-10(18-15)8-13-14(15)11-5-4-9(16)7-12(11)17-13/h4-5,7,10,17-18H,2-3,6,8H2,1H3. The maximum Gasteiger partial charge on any atom is 0.0474 e. The Labute approximate surface area is 112 Å². The average Bonchev–Trinajstić information content (AvgIpc) is 2.66. The van der Waals surface area contributed by atoms with Crippen molar-refractivity contribution in [2.45, 2.75) is 44.2 Å². The first kappa shape index (κ1) is 10.9. The zero-order valence-electron chi connectivity index (χ0n) is 10.5. The number of piperidine rings is 1. The number of H-pyrrole nitrogens is 1. The molecule has 2 unspecified atom stereocenters. The molecule has 2 N–H and O–H groups in total. The molecule has 94 valence electrons. The molecule has 2 atom stereocenters. The van der Waals surface area contributed by atoms with E-state index in [0.717, 1.165) is 11.4 Å². The molecule has 0 saturated carbocycles. The van der Waals surface area contributed by atoms with Crippen LogP contribution >= 0.6 is 11.6 Å². The van der Waals surface area contributed by atoms with Crippen molar-refractivity contribution in [1.82, 2.24) is 10.3 Å². The fourth-order valence-corrected chi connectivity index (χ4v) is 4.07. The first-order valence-electron chi connectivity index (χ1n) is 6.74. The van der Waals surface area contributed by atoms with E-state index >= 15 is 0 Å². The van der Waals surface area contributed by atoms with E-state index in [4.69, 9.17) is 11.6 Å². The Morgan fingerprint density at radius 2 is 2.28 bits per heavy atom. The maximum atomic E-state index is 6.09. The number of nitrogens with one attached hydrogen (secondary N) is 2. The van der Waals surface area contributed by atoms with Gasteiger partial charge in [0.25, 0.3) is 0 Å². The smallest absolute Gasteiger partial charge is 0.0474 e. The molecular weight excluding hydrogens is 244 g/mol. The van der Waals surface area contributed by atoms with Crippen molar-refractivity contribution >= 4 is 22.5 Å². The number of benzene rings is 1. The molecule has 2 aromatic rings. The summed E-state index contributed by atoms with van der Waals surface area (Å²) in [5, 5.41) is 5.97. The maximum absolute atomic E-state index is 6.09. The Bertz CT molecular complexity index is 631. The molecule has 4 rings (SSSR count). The number of aromatic amines is 1. The van der Waals surface area contributed by atoms with E-state index in [1.54, 1.807) is 0 Å². The summed E-state index contributed by atoms with van der Waals surface area (Å²) in [6.45, 7) is 2.35. The molecule has 1 aromatic heterocycles. The third kappa shape index (κ3) is 1.39. The summed E-state index contributed by atoms with van der Waals surface area (Å²) in [6.07, 6.45) is 4.97. The lowest BCUT2D eigenvalue weighted by Crippen LogP contribution is -2.53. The van der Waals surface area contributed by atoms with E-state index in [2.05, 4.69) is 23.3 Å². The van der Waals surface area contributed by atoms with Crippen LogP contribution in [0.1, 0.15) is 37.4 Å². The van der Waals surface area contributed by atoms with Crippen LogP contribution in [0.15, 0.2) is 18.2 Å². The molecule has 2 nitrogen and oxygen atoms in total. The van der Waals surface area contributed by atoms with Gasteiger partial charge in [0.2, 0.25) is 0 Å². The molecule has 1 fully saturated rings. The van der Waals surface area contributed by atoms with Crippen molar-refractivity contribution in [3.63, 3.8) is 0 Å². The molecule has 0 amide bonds. The number of fused-ring (bicyclic) bond motifs is 6. The molecule has 3 heterocycles. The number of rotatable bonds is 0. The predicted molar refractivity (Wildman–Crippen MR) is 75.1 cm³/mol. The minimum Gasteiger partial charge on any atom is -0.358 e. The Kier molecular flexibility index (Phi) is 2.13. The van der Waals surface area contributed by atoms with Crippen LogP contribution < -0.4 is 5.32 Å². The van der Waals surface area contributed by atoms with Gasteiger partial charge in [-0.3, -0.25) is 0 Å². The van der Waals surface area contributed by atoms with Gasteiger partial charge >= 0.3 is 0 Å². The number of hydrogen-bond acceptors (Lipinski definition) is 1. The lowest BCUT2D eigenvalue weighted by atomic mass is 9.75. The van der Waals surface area contributed by atoms with Crippen molar-refractivity contribution in [3.05, 3.63) is 34.5 Å².